The summed E-state index contributed by atoms with van der Waals surface area (Å²) in [6.07, 6.45) is 1.83. The molecule has 0 aromatic heterocycles. The van der Waals surface area contributed by atoms with E-state index in [1.54, 1.807) is 14.2 Å². The highest BCUT2D eigenvalue weighted by molar-refractivity contribution is 6.30. The van der Waals surface area contributed by atoms with E-state index in [0.29, 0.717) is 0 Å². The summed E-state index contributed by atoms with van der Waals surface area (Å²) in [4.78, 5) is 2.34. The minimum Gasteiger partial charge on any atom is -0.497 e. The zero-order valence-corrected chi connectivity index (χ0v) is 15.2. The predicted octanol–water partition coefficient (Wildman–Crippen LogP) is 3.51. The Balaban J connectivity index is 1.62. The zero-order chi connectivity index (χ0) is 17.6. The van der Waals surface area contributed by atoms with E-state index in [1.165, 1.54) is 5.69 Å². The minimum atomic E-state index is 0.763. The Morgan fingerprint density at radius 3 is 2.32 bits per heavy atom. The van der Waals surface area contributed by atoms with Crippen LogP contribution in [0.25, 0.3) is 0 Å². The van der Waals surface area contributed by atoms with Gasteiger partial charge in [-0.3, -0.25) is 5.01 Å². The van der Waals surface area contributed by atoms with E-state index in [2.05, 4.69) is 27.1 Å². The molecule has 25 heavy (non-hydrogen) atoms. The Morgan fingerprint density at radius 2 is 1.68 bits per heavy atom. The lowest BCUT2D eigenvalue weighted by atomic mass is 10.2. The van der Waals surface area contributed by atoms with Crippen LogP contribution in [0.4, 0.5) is 5.69 Å². The lowest BCUT2D eigenvalue weighted by molar-refractivity contribution is 0.272. The topological polar surface area (TPSA) is 37.3 Å². The second-order valence-electron chi connectivity index (χ2n) is 5.77. The molecular formula is C19H22ClN3O2. The van der Waals surface area contributed by atoms with Gasteiger partial charge in [-0.25, -0.2) is 0 Å². The van der Waals surface area contributed by atoms with E-state index < -0.39 is 0 Å². The zero-order valence-electron chi connectivity index (χ0n) is 14.5. The van der Waals surface area contributed by atoms with Crippen LogP contribution in [0, 0.1) is 0 Å². The fraction of sp³-hybridized carbons (Fsp3) is 0.316. The monoisotopic (exact) mass is 359 g/mol. The molecule has 132 valence electrons. The first-order chi connectivity index (χ1) is 12.2. The maximum absolute atomic E-state index is 5.95. The van der Waals surface area contributed by atoms with E-state index >= 15 is 0 Å². The van der Waals surface area contributed by atoms with Crippen molar-refractivity contribution in [1.82, 2.24) is 5.01 Å². The Bertz CT molecular complexity index is 726. The molecule has 0 atom stereocenters. The Labute approximate surface area is 153 Å². The third kappa shape index (κ3) is 4.37. The molecule has 5 nitrogen and oxygen atoms in total. The second-order valence-corrected chi connectivity index (χ2v) is 6.21. The van der Waals surface area contributed by atoms with Crippen LogP contribution in [0.1, 0.15) is 5.56 Å². The predicted molar refractivity (Wildman–Crippen MR) is 102 cm³/mol. The van der Waals surface area contributed by atoms with Gasteiger partial charge in [0.1, 0.15) is 11.5 Å². The van der Waals surface area contributed by atoms with Crippen molar-refractivity contribution in [2.24, 2.45) is 5.10 Å². The number of piperazine rings is 1. The van der Waals surface area contributed by atoms with Crippen LogP contribution in [-0.4, -0.2) is 51.6 Å². The van der Waals surface area contributed by atoms with E-state index in [-0.39, 0.29) is 0 Å². The molecule has 0 aliphatic carbocycles. The molecule has 0 amide bonds. The number of halogens is 1. The molecule has 1 heterocycles. The van der Waals surface area contributed by atoms with E-state index in [1.807, 2.05) is 36.5 Å². The molecule has 0 radical (unpaired) electrons. The number of rotatable bonds is 5. The fourth-order valence-electron chi connectivity index (χ4n) is 2.81. The summed E-state index contributed by atoms with van der Waals surface area (Å²) >= 11 is 5.95. The Morgan fingerprint density at radius 1 is 0.960 bits per heavy atom. The standard InChI is InChI=1S/C19H22ClN3O2/c1-24-18-7-8-19(25-2)15(13-18)14-21-23-11-9-22(10-12-23)17-5-3-16(20)4-6-17/h3-8,13-14H,9-12H2,1-2H3. The van der Waals surface area contributed by atoms with Crippen molar-refractivity contribution in [1.29, 1.82) is 0 Å². The van der Waals surface area contributed by atoms with Gasteiger partial charge in [0.2, 0.25) is 0 Å². The average Bonchev–Trinajstić information content (AvgIpc) is 2.67. The summed E-state index contributed by atoms with van der Waals surface area (Å²) in [6.45, 7) is 3.58. The number of ether oxygens (including phenoxy) is 2. The number of hydrazone groups is 1. The molecule has 0 spiro atoms. The van der Waals surface area contributed by atoms with Gasteiger partial charge in [-0.2, -0.15) is 5.10 Å². The molecule has 2 aromatic carbocycles. The molecule has 0 bridgehead atoms. The first-order valence-electron chi connectivity index (χ1n) is 8.21. The second kappa shape index (κ2) is 8.12. The molecule has 1 aliphatic rings. The maximum Gasteiger partial charge on any atom is 0.127 e. The van der Waals surface area contributed by atoms with Gasteiger partial charge in [0, 0.05) is 29.4 Å². The third-order valence-electron chi connectivity index (χ3n) is 4.24. The van der Waals surface area contributed by atoms with Crippen LogP contribution in [0.5, 0.6) is 11.5 Å². The van der Waals surface area contributed by atoms with Gasteiger partial charge >= 0.3 is 0 Å². The van der Waals surface area contributed by atoms with Gasteiger partial charge in [0.25, 0.3) is 0 Å². The summed E-state index contributed by atoms with van der Waals surface area (Å²) < 4.78 is 10.7. The fourth-order valence-corrected chi connectivity index (χ4v) is 2.93. The number of benzene rings is 2. The number of hydrogen-bond acceptors (Lipinski definition) is 5. The summed E-state index contributed by atoms with van der Waals surface area (Å²) in [7, 11) is 3.31. The molecule has 1 saturated heterocycles. The van der Waals surface area contributed by atoms with Gasteiger partial charge in [0.05, 0.1) is 33.5 Å². The molecule has 3 rings (SSSR count). The molecule has 1 aliphatic heterocycles. The first kappa shape index (κ1) is 17.4. The lowest BCUT2D eigenvalue weighted by Crippen LogP contribution is -2.44. The van der Waals surface area contributed by atoms with Crippen molar-refractivity contribution in [3.8, 4) is 11.5 Å². The lowest BCUT2D eigenvalue weighted by Gasteiger charge is -2.34. The number of anilines is 1. The number of nitrogens with zero attached hydrogens (tertiary/aromatic N) is 3. The van der Waals surface area contributed by atoms with Crippen molar-refractivity contribution in [2.75, 3.05) is 45.3 Å². The summed E-state index contributed by atoms with van der Waals surface area (Å²) in [6, 6.07) is 13.7. The van der Waals surface area contributed by atoms with Crippen molar-refractivity contribution < 1.29 is 9.47 Å². The van der Waals surface area contributed by atoms with Crippen LogP contribution < -0.4 is 14.4 Å². The Kier molecular flexibility index (Phi) is 5.66. The van der Waals surface area contributed by atoms with Crippen LogP contribution in [0.2, 0.25) is 5.02 Å². The number of methoxy groups -OCH3 is 2. The molecule has 0 saturated carbocycles. The molecule has 2 aromatic rings. The maximum atomic E-state index is 5.95. The molecular weight excluding hydrogens is 338 g/mol. The summed E-state index contributed by atoms with van der Waals surface area (Å²) in [5.41, 5.74) is 2.10. The van der Waals surface area contributed by atoms with Gasteiger partial charge in [-0.1, -0.05) is 11.6 Å². The average molecular weight is 360 g/mol. The van der Waals surface area contributed by atoms with Crippen LogP contribution >= 0.6 is 11.6 Å². The highest BCUT2D eigenvalue weighted by Gasteiger charge is 2.15. The summed E-state index contributed by atoms with van der Waals surface area (Å²) in [5, 5.41) is 7.44. The molecule has 6 heteroatoms. The Hall–Kier alpha value is -2.40. The van der Waals surface area contributed by atoms with Gasteiger partial charge < -0.3 is 14.4 Å². The van der Waals surface area contributed by atoms with Gasteiger partial charge in [-0.15, -0.1) is 0 Å². The quantitative estimate of drug-likeness (QED) is 0.765. The normalized spacial score (nSPS) is 14.8. The van der Waals surface area contributed by atoms with E-state index in [0.717, 1.165) is 48.3 Å². The SMILES string of the molecule is COc1ccc(OC)c(C=NN2CCN(c3ccc(Cl)cc3)CC2)c1. The van der Waals surface area contributed by atoms with Crippen molar-refractivity contribution in [3.63, 3.8) is 0 Å². The first-order valence-corrected chi connectivity index (χ1v) is 8.59. The van der Waals surface area contributed by atoms with Crippen molar-refractivity contribution in [2.45, 2.75) is 0 Å². The molecule has 0 unspecified atom stereocenters. The number of hydrogen-bond donors (Lipinski definition) is 0. The van der Waals surface area contributed by atoms with Crippen molar-refractivity contribution in [3.05, 3.63) is 53.1 Å². The van der Waals surface area contributed by atoms with Crippen molar-refractivity contribution >= 4 is 23.5 Å². The van der Waals surface area contributed by atoms with Crippen LogP contribution in [0.15, 0.2) is 47.6 Å². The smallest absolute Gasteiger partial charge is 0.127 e. The highest BCUT2D eigenvalue weighted by atomic mass is 35.5. The van der Waals surface area contributed by atoms with Gasteiger partial charge in [-0.05, 0) is 42.5 Å². The minimum absolute atomic E-state index is 0.763. The van der Waals surface area contributed by atoms with Crippen LogP contribution in [0.3, 0.4) is 0 Å². The third-order valence-corrected chi connectivity index (χ3v) is 4.50. The highest BCUT2D eigenvalue weighted by Crippen LogP contribution is 2.23. The molecule has 1 fully saturated rings. The van der Waals surface area contributed by atoms with Gasteiger partial charge in [0.15, 0.2) is 0 Å². The van der Waals surface area contributed by atoms with E-state index in [9.17, 15) is 0 Å². The largest absolute Gasteiger partial charge is 0.497 e. The van der Waals surface area contributed by atoms with Crippen LogP contribution in [-0.2, 0) is 0 Å². The molecule has 0 N–H and O–H groups in total. The van der Waals surface area contributed by atoms with E-state index in [4.69, 9.17) is 21.1 Å². The summed E-state index contributed by atoms with van der Waals surface area (Å²) in [5.74, 6) is 1.57.